The van der Waals surface area contributed by atoms with Gasteiger partial charge in [-0.05, 0) is 11.1 Å². The molecular weight excluding hydrogens is 358 g/mol. The topological polar surface area (TPSA) is 93.3 Å². The van der Waals surface area contributed by atoms with E-state index in [1.165, 1.54) is 6.33 Å². The third-order valence-electron chi connectivity index (χ3n) is 3.99. The highest BCUT2D eigenvalue weighted by molar-refractivity contribution is 5.81. The molecule has 144 valence electrons. The number of nitrogens with one attached hydrogen (secondary N) is 2. The van der Waals surface area contributed by atoms with Crippen LogP contribution in [0.2, 0.25) is 0 Å². The fourth-order valence-electron chi connectivity index (χ4n) is 2.55. The number of H-pyrrole nitrogens is 1. The molecule has 28 heavy (non-hydrogen) atoms. The molecule has 0 spiro atoms. The van der Waals surface area contributed by atoms with Crippen molar-refractivity contribution in [3.63, 3.8) is 0 Å². The second kappa shape index (κ2) is 9.91. The molecule has 1 heterocycles. The number of alkyl carbamates (subject to hydrolysis) is 1. The first-order chi connectivity index (χ1) is 13.7. The van der Waals surface area contributed by atoms with Gasteiger partial charge in [-0.25, -0.2) is 14.6 Å². The highest BCUT2D eigenvalue weighted by atomic mass is 16.6. The molecule has 0 aliphatic heterocycles. The number of nitrogens with zero attached hydrogens (tertiary/aromatic N) is 1. The third-order valence-corrected chi connectivity index (χ3v) is 3.99. The monoisotopic (exact) mass is 379 g/mol. The molecule has 1 aromatic heterocycles. The molecule has 0 aliphatic carbocycles. The lowest BCUT2D eigenvalue weighted by molar-refractivity contribution is -0.147. The molecule has 0 aliphatic rings. The summed E-state index contributed by atoms with van der Waals surface area (Å²) in [6.45, 7) is 0.238. The molecule has 0 saturated carbocycles. The number of rotatable bonds is 8. The molecule has 3 rings (SSSR count). The average Bonchev–Trinajstić information content (AvgIpc) is 3.25. The normalized spacial score (nSPS) is 11.4. The number of ether oxygens (including phenoxy) is 2. The Morgan fingerprint density at radius 3 is 2.11 bits per heavy atom. The number of aromatic amines is 1. The van der Waals surface area contributed by atoms with Crippen LogP contribution in [-0.4, -0.2) is 28.1 Å². The van der Waals surface area contributed by atoms with Crippen molar-refractivity contribution in [3.05, 3.63) is 90.0 Å². The van der Waals surface area contributed by atoms with Crippen molar-refractivity contribution < 1.29 is 19.1 Å². The summed E-state index contributed by atoms with van der Waals surface area (Å²) in [6.07, 6.45) is 2.63. The lowest BCUT2D eigenvalue weighted by atomic mass is 10.1. The van der Waals surface area contributed by atoms with Crippen molar-refractivity contribution in [1.82, 2.24) is 15.3 Å². The summed E-state index contributed by atoms with van der Waals surface area (Å²) in [6, 6.07) is 17.7. The van der Waals surface area contributed by atoms with E-state index in [2.05, 4.69) is 15.3 Å². The van der Waals surface area contributed by atoms with E-state index in [0.29, 0.717) is 5.69 Å². The van der Waals surface area contributed by atoms with Crippen LogP contribution in [0.5, 0.6) is 0 Å². The van der Waals surface area contributed by atoms with Crippen LogP contribution < -0.4 is 5.32 Å². The van der Waals surface area contributed by atoms with Gasteiger partial charge >= 0.3 is 12.1 Å². The van der Waals surface area contributed by atoms with E-state index in [4.69, 9.17) is 9.47 Å². The van der Waals surface area contributed by atoms with Crippen molar-refractivity contribution in [2.75, 3.05) is 0 Å². The molecule has 1 atom stereocenters. The molecule has 2 N–H and O–H groups in total. The highest BCUT2D eigenvalue weighted by Crippen LogP contribution is 2.06. The first-order valence-corrected chi connectivity index (χ1v) is 8.86. The van der Waals surface area contributed by atoms with Crippen molar-refractivity contribution in [1.29, 1.82) is 0 Å². The number of hydrogen-bond donors (Lipinski definition) is 2. The van der Waals surface area contributed by atoms with Crippen LogP contribution in [0.15, 0.2) is 73.2 Å². The first kappa shape index (κ1) is 19.2. The zero-order chi connectivity index (χ0) is 19.6. The molecule has 2 aromatic carbocycles. The first-order valence-electron chi connectivity index (χ1n) is 8.86. The Hall–Kier alpha value is -3.61. The maximum Gasteiger partial charge on any atom is 0.408 e. The quantitative estimate of drug-likeness (QED) is 0.587. The molecule has 3 aromatic rings. The van der Waals surface area contributed by atoms with Gasteiger partial charge in [0, 0.05) is 18.3 Å². The second-order valence-corrected chi connectivity index (χ2v) is 6.13. The molecule has 0 fully saturated rings. The lowest BCUT2D eigenvalue weighted by Crippen LogP contribution is -2.43. The number of carbonyl (C=O) groups excluding carboxylic acids is 2. The Morgan fingerprint density at radius 1 is 0.929 bits per heavy atom. The summed E-state index contributed by atoms with van der Waals surface area (Å²) in [4.78, 5) is 31.5. The fraction of sp³-hybridized carbons (Fsp3) is 0.190. The lowest BCUT2D eigenvalue weighted by Gasteiger charge is -2.17. The fourth-order valence-corrected chi connectivity index (χ4v) is 2.55. The Kier molecular flexibility index (Phi) is 6.78. The number of imidazole rings is 1. The molecule has 1 unspecified atom stereocenters. The van der Waals surface area contributed by atoms with Crippen molar-refractivity contribution >= 4 is 12.1 Å². The number of amides is 1. The van der Waals surface area contributed by atoms with Crippen LogP contribution in [0, 0.1) is 0 Å². The van der Waals surface area contributed by atoms with Gasteiger partial charge in [-0.1, -0.05) is 60.7 Å². The maximum absolute atomic E-state index is 12.5. The Balaban J connectivity index is 1.57. The summed E-state index contributed by atoms with van der Waals surface area (Å²) >= 11 is 0. The summed E-state index contributed by atoms with van der Waals surface area (Å²) in [5.74, 6) is -0.546. The van der Waals surface area contributed by atoms with Crippen LogP contribution >= 0.6 is 0 Å². The molecular formula is C21H21N3O4. The molecule has 1 amide bonds. The molecule has 0 radical (unpaired) electrons. The average molecular weight is 379 g/mol. The van der Waals surface area contributed by atoms with Gasteiger partial charge in [0.15, 0.2) is 0 Å². The van der Waals surface area contributed by atoms with Crippen LogP contribution in [0.3, 0.4) is 0 Å². The predicted molar refractivity (Wildman–Crippen MR) is 102 cm³/mol. The summed E-state index contributed by atoms with van der Waals surface area (Å²) < 4.78 is 10.6. The standard InChI is InChI=1S/C21H21N3O4/c25-20(27-13-16-7-3-1-4-8-16)19(11-18-12-22-15-23-18)24-21(26)28-14-17-9-5-2-6-10-17/h1-10,12,15,19H,11,13-14H2,(H,22,23)(H,24,26). The Bertz CT molecular complexity index is 867. The molecule has 0 bridgehead atoms. The van der Waals surface area contributed by atoms with E-state index in [1.54, 1.807) is 6.20 Å². The van der Waals surface area contributed by atoms with Crippen LogP contribution in [0.25, 0.3) is 0 Å². The zero-order valence-corrected chi connectivity index (χ0v) is 15.2. The second-order valence-electron chi connectivity index (χ2n) is 6.13. The van der Waals surface area contributed by atoms with Crippen LogP contribution in [0.4, 0.5) is 4.79 Å². The van der Waals surface area contributed by atoms with E-state index < -0.39 is 18.1 Å². The largest absolute Gasteiger partial charge is 0.459 e. The predicted octanol–water partition coefficient (Wildman–Crippen LogP) is 2.99. The number of benzene rings is 2. The molecule has 7 nitrogen and oxygen atoms in total. The highest BCUT2D eigenvalue weighted by Gasteiger charge is 2.24. The van der Waals surface area contributed by atoms with E-state index in [0.717, 1.165) is 11.1 Å². The number of esters is 1. The molecule has 0 saturated heterocycles. The Morgan fingerprint density at radius 2 is 1.54 bits per heavy atom. The van der Waals surface area contributed by atoms with Gasteiger partial charge in [0.2, 0.25) is 0 Å². The number of aromatic nitrogens is 2. The van der Waals surface area contributed by atoms with E-state index in [9.17, 15) is 9.59 Å². The van der Waals surface area contributed by atoms with Crippen molar-refractivity contribution in [3.8, 4) is 0 Å². The molecule has 7 heteroatoms. The van der Waals surface area contributed by atoms with Gasteiger partial charge in [0.1, 0.15) is 19.3 Å². The van der Waals surface area contributed by atoms with Gasteiger partial charge in [-0.15, -0.1) is 0 Å². The van der Waals surface area contributed by atoms with Gasteiger partial charge in [0.25, 0.3) is 0 Å². The zero-order valence-electron chi connectivity index (χ0n) is 15.2. The third kappa shape index (κ3) is 5.98. The summed E-state index contributed by atoms with van der Waals surface area (Å²) in [7, 11) is 0. The summed E-state index contributed by atoms with van der Waals surface area (Å²) in [5, 5.41) is 2.58. The van der Waals surface area contributed by atoms with Gasteiger partial charge in [-0.3, -0.25) is 0 Å². The SMILES string of the molecule is O=C(NC(Cc1cnc[nH]1)C(=O)OCc1ccccc1)OCc1ccccc1. The van der Waals surface area contributed by atoms with E-state index >= 15 is 0 Å². The van der Waals surface area contributed by atoms with Gasteiger partial charge < -0.3 is 19.8 Å². The van der Waals surface area contributed by atoms with Crippen LogP contribution in [-0.2, 0) is 33.9 Å². The minimum atomic E-state index is -0.896. The number of hydrogen-bond acceptors (Lipinski definition) is 5. The number of carbonyl (C=O) groups is 2. The maximum atomic E-state index is 12.5. The smallest absolute Gasteiger partial charge is 0.408 e. The van der Waals surface area contributed by atoms with Gasteiger partial charge in [-0.2, -0.15) is 0 Å². The Labute approximate surface area is 162 Å². The van der Waals surface area contributed by atoms with E-state index in [-0.39, 0.29) is 19.6 Å². The minimum absolute atomic E-state index is 0.114. The summed E-state index contributed by atoms with van der Waals surface area (Å²) in [5.41, 5.74) is 2.42. The van der Waals surface area contributed by atoms with Crippen molar-refractivity contribution in [2.45, 2.75) is 25.7 Å². The minimum Gasteiger partial charge on any atom is -0.459 e. The van der Waals surface area contributed by atoms with Gasteiger partial charge in [0.05, 0.1) is 6.33 Å². The van der Waals surface area contributed by atoms with Crippen molar-refractivity contribution in [2.24, 2.45) is 0 Å². The van der Waals surface area contributed by atoms with Crippen LogP contribution in [0.1, 0.15) is 16.8 Å². The van der Waals surface area contributed by atoms with E-state index in [1.807, 2.05) is 60.7 Å².